The van der Waals surface area contributed by atoms with Crippen LogP contribution in [-0.4, -0.2) is 22.3 Å². The number of carbonyl (C=O) groups is 1. The average molecular weight is 271 g/mol. The summed E-state index contributed by atoms with van der Waals surface area (Å²) in [6, 6.07) is 9.82. The Morgan fingerprint density at radius 2 is 2.05 bits per heavy atom. The molecule has 4 nitrogen and oxygen atoms in total. The average Bonchev–Trinajstić information content (AvgIpc) is 2.60. The second-order valence-corrected chi connectivity index (χ2v) is 6.13. The van der Waals surface area contributed by atoms with Gasteiger partial charge in [0.2, 0.25) is 0 Å². The van der Waals surface area contributed by atoms with Gasteiger partial charge in [-0.2, -0.15) is 4.99 Å². The molecule has 1 aliphatic carbocycles. The molecule has 1 fully saturated rings. The Hall–Kier alpha value is -1.84. The van der Waals surface area contributed by atoms with E-state index in [4.69, 9.17) is 5.73 Å². The van der Waals surface area contributed by atoms with Crippen molar-refractivity contribution in [3.8, 4) is 0 Å². The van der Waals surface area contributed by atoms with Gasteiger partial charge in [-0.1, -0.05) is 49.6 Å². The van der Waals surface area contributed by atoms with Crippen LogP contribution in [0.2, 0.25) is 0 Å². The van der Waals surface area contributed by atoms with E-state index >= 15 is 0 Å². The van der Waals surface area contributed by atoms with Crippen LogP contribution in [0.4, 0.5) is 4.79 Å². The van der Waals surface area contributed by atoms with Crippen LogP contribution in [0.1, 0.15) is 38.2 Å². The molecule has 1 aromatic carbocycles. The van der Waals surface area contributed by atoms with Crippen LogP contribution in [-0.2, 0) is 6.54 Å². The first-order valence-corrected chi connectivity index (χ1v) is 7.30. The van der Waals surface area contributed by atoms with Gasteiger partial charge in [0.05, 0.1) is 5.54 Å². The van der Waals surface area contributed by atoms with Crippen LogP contribution >= 0.6 is 0 Å². The van der Waals surface area contributed by atoms with Gasteiger partial charge >= 0.3 is 6.03 Å². The third-order valence-electron chi connectivity index (χ3n) is 4.69. The highest BCUT2D eigenvalue weighted by Gasteiger charge is 2.46. The fraction of sp³-hybridized carbons (Fsp3) is 0.500. The molecular formula is C16H21N3O. The molecule has 1 saturated carbocycles. The SMILES string of the molecule is CC1(CC2CCC2)C(N)=NC(=O)N1Cc1ccccc1. The molecule has 106 valence electrons. The summed E-state index contributed by atoms with van der Waals surface area (Å²) in [5.74, 6) is 1.16. The molecule has 20 heavy (non-hydrogen) atoms. The van der Waals surface area contributed by atoms with E-state index in [2.05, 4.69) is 11.9 Å². The Labute approximate surface area is 119 Å². The van der Waals surface area contributed by atoms with Crippen molar-refractivity contribution in [3.05, 3.63) is 35.9 Å². The molecule has 3 rings (SSSR count). The molecule has 0 radical (unpaired) electrons. The number of aliphatic imine (C=N–C) groups is 1. The number of benzene rings is 1. The molecule has 0 spiro atoms. The molecule has 1 heterocycles. The Kier molecular flexibility index (Phi) is 3.24. The van der Waals surface area contributed by atoms with Crippen molar-refractivity contribution >= 4 is 11.9 Å². The fourth-order valence-electron chi connectivity index (χ4n) is 3.12. The van der Waals surface area contributed by atoms with E-state index in [1.807, 2.05) is 35.2 Å². The largest absolute Gasteiger partial charge is 0.385 e. The zero-order valence-corrected chi connectivity index (χ0v) is 11.9. The van der Waals surface area contributed by atoms with Gasteiger partial charge in [0, 0.05) is 6.54 Å². The lowest BCUT2D eigenvalue weighted by Crippen LogP contribution is -2.53. The molecule has 2 aliphatic rings. The summed E-state index contributed by atoms with van der Waals surface area (Å²) in [5, 5.41) is 0. The molecule has 1 aromatic rings. The van der Waals surface area contributed by atoms with Gasteiger partial charge in [-0.25, -0.2) is 4.79 Å². The first-order valence-electron chi connectivity index (χ1n) is 7.30. The highest BCUT2D eigenvalue weighted by molar-refractivity contribution is 6.05. The van der Waals surface area contributed by atoms with Crippen LogP contribution < -0.4 is 5.73 Å². The van der Waals surface area contributed by atoms with E-state index in [9.17, 15) is 4.79 Å². The summed E-state index contributed by atoms with van der Waals surface area (Å²) < 4.78 is 0. The van der Waals surface area contributed by atoms with Crippen LogP contribution in [0.3, 0.4) is 0 Å². The van der Waals surface area contributed by atoms with Crippen molar-refractivity contribution in [1.29, 1.82) is 0 Å². The Morgan fingerprint density at radius 1 is 1.35 bits per heavy atom. The molecule has 1 unspecified atom stereocenters. The molecular weight excluding hydrogens is 250 g/mol. The monoisotopic (exact) mass is 271 g/mol. The summed E-state index contributed by atoms with van der Waals surface area (Å²) in [7, 11) is 0. The molecule has 4 heteroatoms. The van der Waals surface area contributed by atoms with Crippen LogP contribution in [0.5, 0.6) is 0 Å². The smallest absolute Gasteiger partial charge is 0.346 e. The molecule has 2 amide bonds. The predicted octanol–water partition coefficient (Wildman–Crippen LogP) is 2.93. The molecule has 0 aromatic heterocycles. The first kappa shape index (κ1) is 13.2. The van der Waals surface area contributed by atoms with Gasteiger partial charge in [-0.05, 0) is 24.8 Å². The number of amidine groups is 1. The predicted molar refractivity (Wildman–Crippen MR) is 79.4 cm³/mol. The minimum atomic E-state index is -0.419. The van der Waals surface area contributed by atoms with E-state index in [-0.39, 0.29) is 6.03 Å². The molecule has 1 atom stereocenters. The number of urea groups is 1. The quantitative estimate of drug-likeness (QED) is 0.915. The maximum Gasteiger partial charge on any atom is 0.346 e. The van der Waals surface area contributed by atoms with E-state index in [0.717, 1.165) is 12.0 Å². The lowest BCUT2D eigenvalue weighted by molar-refractivity contribution is 0.138. The summed E-state index contributed by atoms with van der Waals surface area (Å²) >= 11 is 0. The Balaban J connectivity index is 1.81. The van der Waals surface area contributed by atoms with Gasteiger partial charge in [0.25, 0.3) is 0 Å². The third-order valence-corrected chi connectivity index (χ3v) is 4.69. The third kappa shape index (κ3) is 2.19. The van der Waals surface area contributed by atoms with Crippen molar-refractivity contribution in [2.45, 2.75) is 44.7 Å². The summed E-state index contributed by atoms with van der Waals surface area (Å²) in [4.78, 5) is 18.0. The van der Waals surface area contributed by atoms with E-state index < -0.39 is 5.54 Å². The zero-order valence-electron chi connectivity index (χ0n) is 11.9. The molecule has 0 bridgehead atoms. The van der Waals surface area contributed by atoms with Gasteiger partial charge in [0.1, 0.15) is 5.84 Å². The minimum Gasteiger partial charge on any atom is -0.385 e. The topological polar surface area (TPSA) is 58.7 Å². The van der Waals surface area contributed by atoms with Crippen molar-refractivity contribution in [1.82, 2.24) is 4.90 Å². The lowest BCUT2D eigenvalue weighted by atomic mass is 9.75. The van der Waals surface area contributed by atoms with E-state index in [0.29, 0.717) is 18.3 Å². The number of amides is 2. The number of nitrogens with two attached hydrogens (primary N) is 1. The van der Waals surface area contributed by atoms with Crippen molar-refractivity contribution < 1.29 is 4.79 Å². The summed E-state index contributed by atoms with van der Waals surface area (Å²) in [5.41, 5.74) is 6.76. The Morgan fingerprint density at radius 3 is 2.65 bits per heavy atom. The van der Waals surface area contributed by atoms with Crippen LogP contribution in [0.25, 0.3) is 0 Å². The zero-order chi connectivity index (χ0) is 14.2. The summed E-state index contributed by atoms with van der Waals surface area (Å²) in [6.45, 7) is 2.63. The minimum absolute atomic E-state index is 0.201. The molecule has 0 saturated heterocycles. The Bertz CT molecular complexity index is 536. The first-order chi connectivity index (χ1) is 9.59. The second kappa shape index (κ2) is 4.93. The van der Waals surface area contributed by atoms with Crippen molar-refractivity contribution in [2.75, 3.05) is 0 Å². The maximum absolute atomic E-state index is 12.2. The van der Waals surface area contributed by atoms with Gasteiger partial charge in [-0.3, -0.25) is 0 Å². The van der Waals surface area contributed by atoms with Crippen molar-refractivity contribution in [3.63, 3.8) is 0 Å². The highest BCUT2D eigenvalue weighted by atomic mass is 16.2. The second-order valence-electron chi connectivity index (χ2n) is 6.13. The fourth-order valence-corrected chi connectivity index (χ4v) is 3.12. The van der Waals surface area contributed by atoms with Gasteiger partial charge in [-0.15, -0.1) is 0 Å². The van der Waals surface area contributed by atoms with Gasteiger partial charge in [0.15, 0.2) is 0 Å². The number of nitrogens with zero attached hydrogens (tertiary/aromatic N) is 2. The highest BCUT2D eigenvalue weighted by Crippen LogP contribution is 2.38. The normalized spacial score (nSPS) is 26.6. The van der Waals surface area contributed by atoms with Crippen molar-refractivity contribution in [2.24, 2.45) is 16.6 Å². The van der Waals surface area contributed by atoms with Crippen LogP contribution in [0, 0.1) is 5.92 Å². The van der Waals surface area contributed by atoms with E-state index in [1.165, 1.54) is 19.3 Å². The lowest BCUT2D eigenvalue weighted by Gasteiger charge is -2.40. The number of carbonyl (C=O) groups excluding carboxylic acids is 1. The van der Waals surface area contributed by atoms with Gasteiger partial charge < -0.3 is 10.6 Å². The number of rotatable bonds is 4. The van der Waals surface area contributed by atoms with E-state index in [1.54, 1.807) is 0 Å². The molecule has 1 aliphatic heterocycles. The summed E-state index contributed by atoms with van der Waals surface area (Å²) in [6.07, 6.45) is 4.72. The standard InChI is InChI=1S/C16H21N3O/c1-16(10-12-8-5-9-12)14(17)18-15(20)19(16)11-13-6-3-2-4-7-13/h2-4,6-7,12H,5,8-11H2,1H3,(H2,17,18,20). The van der Waals surface area contributed by atoms with Crippen LogP contribution in [0.15, 0.2) is 35.3 Å². The number of hydrogen-bond donors (Lipinski definition) is 1. The number of hydrogen-bond acceptors (Lipinski definition) is 2. The molecule has 2 N–H and O–H groups in total. The maximum atomic E-state index is 12.2.